The number of hydrogen-bond acceptors (Lipinski definition) is 5. The number of aryl methyl sites for hydroxylation is 2. The molecule has 0 saturated heterocycles. The molecule has 224 valence electrons. The van der Waals surface area contributed by atoms with Crippen LogP contribution in [0.15, 0.2) is 66.7 Å². The molecule has 1 aromatic heterocycles. The Hall–Kier alpha value is -3.48. The van der Waals surface area contributed by atoms with Crippen molar-refractivity contribution in [3.63, 3.8) is 0 Å². The highest BCUT2D eigenvalue weighted by molar-refractivity contribution is 5.98. The Morgan fingerprint density at radius 1 is 0.929 bits per heavy atom. The molecule has 0 bridgehead atoms. The lowest BCUT2D eigenvalue weighted by Crippen LogP contribution is -2.53. The van der Waals surface area contributed by atoms with Gasteiger partial charge in [0.25, 0.3) is 5.91 Å². The fourth-order valence-electron chi connectivity index (χ4n) is 5.21. The molecule has 6 nitrogen and oxygen atoms in total. The number of nitrogens with zero attached hydrogens (tertiary/aromatic N) is 1. The Balaban J connectivity index is 0.00000484. The fraction of sp³-hybridized carbons (Fsp3) is 0.400. The Morgan fingerprint density at radius 3 is 2.40 bits per heavy atom. The topological polar surface area (TPSA) is 77.5 Å². The predicted octanol–water partition coefficient (Wildman–Crippen LogP) is 7.38. The first kappa shape index (κ1) is 33.0. The second kappa shape index (κ2) is 16.8. The largest absolute Gasteiger partial charge is 0.464 e. The lowest BCUT2D eigenvalue weighted by atomic mass is 9.96. The summed E-state index contributed by atoms with van der Waals surface area (Å²) in [7, 11) is 0. The van der Waals surface area contributed by atoms with Gasteiger partial charge in [-0.3, -0.25) is 9.78 Å². The zero-order valence-corrected chi connectivity index (χ0v) is 25.6. The molecule has 0 atom stereocenters. The van der Waals surface area contributed by atoms with Gasteiger partial charge in [-0.2, -0.15) is 0 Å². The van der Waals surface area contributed by atoms with E-state index in [0.717, 1.165) is 55.5 Å². The number of ether oxygens (including phenoxy) is 2. The van der Waals surface area contributed by atoms with Crippen LogP contribution >= 0.6 is 12.4 Å². The Labute approximate surface area is 256 Å². The molecule has 3 aromatic rings. The van der Waals surface area contributed by atoms with Crippen molar-refractivity contribution in [1.29, 1.82) is 0 Å². The zero-order valence-electron chi connectivity index (χ0n) is 24.8. The Kier molecular flexibility index (Phi) is 13.2. The van der Waals surface area contributed by atoms with Crippen molar-refractivity contribution in [2.24, 2.45) is 0 Å². The van der Waals surface area contributed by atoms with Crippen molar-refractivity contribution in [2.75, 3.05) is 13.2 Å². The third-order valence-corrected chi connectivity index (χ3v) is 7.59. The van der Waals surface area contributed by atoms with Crippen LogP contribution in [0.1, 0.15) is 90.8 Å². The average molecular weight is 591 g/mol. The summed E-state index contributed by atoms with van der Waals surface area (Å²) in [5.41, 5.74) is 4.93. The minimum absolute atomic E-state index is 0. The van der Waals surface area contributed by atoms with Gasteiger partial charge in [-0.15, -0.1) is 12.4 Å². The number of carbonyl (C=O) groups is 2. The number of pyridine rings is 1. The van der Waals surface area contributed by atoms with E-state index < -0.39 is 5.54 Å². The molecular formula is C35H43ClN2O4. The summed E-state index contributed by atoms with van der Waals surface area (Å²) in [5, 5.41) is 2.98. The van der Waals surface area contributed by atoms with Crippen LogP contribution in [0.3, 0.4) is 0 Å². The Morgan fingerprint density at radius 2 is 1.67 bits per heavy atom. The van der Waals surface area contributed by atoms with Crippen LogP contribution < -0.4 is 5.32 Å². The van der Waals surface area contributed by atoms with Gasteiger partial charge in [0.15, 0.2) is 0 Å². The quantitative estimate of drug-likeness (QED) is 0.156. The van der Waals surface area contributed by atoms with Gasteiger partial charge in [-0.05, 0) is 92.5 Å². The monoisotopic (exact) mass is 590 g/mol. The standard InChI is InChI=1S/C35H42N2O4.ClH/c1-3-27-16-18-28(19-17-27)11-5-8-24-40-26-32-15-10-14-31(36-32)21-20-29-12-9-13-30(25-29)33(38)37-35(22-6-7-23-35)34(39)41-4-2;/h9-10,12-21,25H,3-8,11,22-24,26H2,1-2H3,(H,37,38);1H/b21-20+;. The van der Waals surface area contributed by atoms with Crippen molar-refractivity contribution >= 4 is 36.4 Å². The lowest BCUT2D eigenvalue weighted by Gasteiger charge is -2.27. The minimum Gasteiger partial charge on any atom is -0.464 e. The highest BCUT2D eigenvalue weighted by atomic mass is 35.5. The molecule has 42 heavy (non-hydrogen) atoms. The number of aromatic nitrogens is 1. The molecule has 1 saturated carbocycles. The van der Waals surface area contributed by atoms with E-state index >= 15 is 0 Å². The molecule has 1 N–H and O–H groups in total. The van der Waals surface area contributed by atoms with Gasteiger partial charge in [0.2, 0.25) is 0 Å². The first-order valence-corrected chi connectivity index (χ1v) is 14.9. The maximum atomic E-state index is 13.1. The molecule has 0 radical (unpaired) electrons. The summed E-state index contributed by atoms with van der Waals surface area (Å²) in [6.07, 6.45) is 11.1. The minimum atomic E-state index is -0.925. The van der Waals surface area contributed by atoms with Gasteiger partial charge < -0.3 is 14.8 Å². The van der Waals surface area contributed by atoms with Crippen LogP contribution in [-0.4, -0.2) is 35.6 Å². The van der Waals surface area contributed by atoms with Crippen LogP contribution in [0, 0.1) is 0 Å². The van der Waals surface area contributed by atoms with Gasteiger partial charge in [0.1, 0.15) is 5.54 Å². The number of halogens is 1. The van der Waals surface area contributed by atoms with E-state index in [1.165, 1.54) is 11.1 Å². The van der Waals surface area contributed by atoms with E-state index in [0.29, 0.717) is 38.2 Å². The van der Waals surface area contributed by atoms with Crippen LogP contribution in [0.2, 0.25) is 0 Å². The highest BCUT2D eigenvalue weighted by Crippen LogP contribution is 2.31. The summed E-state index contributed by atoms with van der Waals surface area (Å²) in [5.74, 6) is -0.601. The molecule has 0 aliphatic heterocycles. The van der Waals surface area contributed by atoms with Crippen LogP contribution in [-0.2, 0) is 33.7 Å². The molecule has 1 aliphatic carbocycles. The fourth-order valence-corrected chi connectivity index (χ4v) is 5.21. The van der Waals surface area contributed by atoms with Crippen molar-refractivity contribution in [3.05, 3.63) is 100 Å². The van der Waals surface area contributed by atoms with E-state index in [2.05, 4.69) is 36.5 Å². The highest BCUT2D eigenvalue weighted by Gasteiger charge is 2.44. The molecular weight excluding hydrogens is 548 g/mol. The van der Waals surface area contributed by atoms with Crippen molar-refractivity contribution in [1.82, 2.24) is 10.3 Å². The normalized spacial score (nSPS) is 14.0. The second-order valence-corrected chi connectivity index (χ2v) is 10.7. The Bertz CT molecular complexity index is 1320. The number of rotatable bonds is 14. The summed E-state index contributed by atoms with van der Waals surface area (Å²) < 4.78 is 11.2. The maximum Gasteiger partial charge on any atom is 0.331 e. The van der Waals surface area contributed by atoms with Crippen LogP contribution in [0.5, 0.6) is 0 Å². The third-order valence-electron chi connectivity index (χ3n) is 7.59. The van der Waals surface area contributed by atoms with Gasteiger partial charge in [-0.25, -0.2) is 4.79 Å². The second-order valence-electron chi connectivity index (χ2n) is 10.7. The number of unbranched alkanes of at least 4 members (excludes halogenated alkanes) is 1. The summed E-state index contributed by atoms with van der Waals surface area (Å²) in [4.78, 5) is 30.4. The number of benzene rings is 2. The predicted molar refractivity (Wildman–Crippen MR) is 171 cm³/mol. The van der Waals surface area contributed by atoms with Crippen molar-refractivity contribution < 1.29 is 19.1 Å². The van der Waals surface area contributed by atoms with Gasteiger partial charge in [0, 0.05) is 12.2 Å². The van der Waals surface area contributed by atoms with E-state index in [9.17, 15) is 9.59 Å². The molecule has 1 fully saturated rings. The molecule has 2 aromatic carbocycles. The van der Waals surface area contributed by atoms with Crippen molar-refractivity contribution in [2.45, 2.75) is 77.4 Å². The van der Waals surface area contributed by atoms with Crippen molar-refractivity contribution in [3.8, 4) is 0 Å². The number of hydrogen-bond donors (Lipinski definition) is 1. The molecule has 0 unspecified atom stereocenters. The molecule has 1 amide bonds. The van der Waals surface area contributed by atoms with E-state index in [1.54, 1.807) is 13.0 Å². The van der Waals surface area contributed by atoms with E-state index in [-0.39, 0.29) is 24.3 Å². The van der Waals surface area contributed by atoms with Crippen LogP contribution in [0.4, 0.5) is 0 Å². The van der Waals surface area contributed by atoms with E-state index in [4.69, 9.17) is 14.5 Å². The average Bonchev–Trinajstić information content (AvgIpc) is 3.48. The molecule has 1 aliphatic rings. The third kappa shape index (κ3) is 9.53. The molecule has 7 heteroatoms. The smallest absolute Gasteiger partial charge is 0.331 e. The first-order chi connectivity index (χ1) is 20.0. The van der Waals surface area contributed by atoms with E-state index in [1.807, 2.05) is 48.6 Å². The van der Waals surface area contributed by atoms with Gasteiger partial charge >= 0.3 is 5.97 Å². The van der Waals surface area contributed by atoms with Gasteiger partial charge in [0.05, 0.1) is 24.6 Å². The summed E-state index contributed by atoms with van der Waals surface area (Å²) in [6.45, 7) is 5.44. The summed E-state index contributed by atoms with van der Waals surface area (Å²) >= 11 is 0. The SMILES string of the molecule is CCOC(=O)C1(NC(=O)c2cccc(/C=C/c3cccc(COCCCCc4ccc(CC)cc4)n3)c2)CCCC1.Cl. The molecule has 4 rings (SSSR count). The first-order valence-electron chi connectivity index (χ1n) is 14.9. The van der Waals surface area contributed by atoms with Crippen LogP contribution in [0.25, 0.3) is 12.2 Å². The number of nitrogens with one attached hydrogen (secondary N) is 1. The van der Waals surface area contributed by atoms with Gasteiger partial charge in [-0.1, -0.05) is 68.3 Å². The summed E-state index contributed by atoms with van der Waals surface area (Å²) in [6, 6.07) is 22.2. The molecule has 0 spiro atoms. The lowest BCUT2D eigenvalue weighted by molar-refractivity contribution is -0.150. The zero-order chi connectivity index (χ0) is 28.9. The number of esters is 1. The maximum absolute atomic E-state index is 13.1. The number of carbonyl (C=O) groups excluding carboxylic acids is 2. The number of amides is 1. The molecule has 1 heterocycles.